The maximum absolute atomic E-state index is 5.80. The predicted octanol–water partition coefficient (Wildman–Crippen LogP) is 3.45. The van der Waals surface area contributed by atoms with Crippen LogP contribution in [0.1, 0.15) is 23.8 Å². The number of aryl methyl sites for hydroxylation is 2. The quantitative estimate of drug-likeness (QED) is 0.875. The normalized spacial score (nSPS) is 12.7. The molecule has 2 nitrogen and oxygen atoms in total. The van der Waals surface area contributed by atoms with Gasteiger partial charge >= 0.3 is 0 Å². The van der Waals surface area contributed by atoms with E-state index in [0.29, 0.717) is 0 Å². The minimum Gasteiger partial charge on any atom is -0.461 e. The lowest BCUT2D eigenvalue weighted by Crippen LogP contribution is -2.17. The van der Waals surface area contributed by atoms with E-state index in [9.17, 15) is 0 Å². The lowest BCUT2D eigenvalue weighted by Gasteiger charge is -2.03. The van der Waals surface area contributed by atoms with E-state index in [0.717, 1.165) is 23.5 Å². The highest BCUT2D eigenvalue weighted by Crippen LogP contribution is 2.24. The number of hydrogen-bond acceptors (Lipinski definition) is 2. The third-order valence-corrected chi connectivity index (χ3v) is 2.98. The van der Waals surface area contributed by atoms with Crippen molar-refractivity contribution in [2.75, 3.05) is 0 Å². The Kier molecular flexibility index (Phi) is 3.34. The van der Waals surface area contributed by atoms with Gasteiger partial charge in [0.15, 0.2) is 0 Å². The number of benzene rings is 1. The van der Waals surface area contributed by atoms with Crippen molar-refractivity contribution in [1.82, 2.24) is 0 Å². The molecule has 1 aromatic carbocycles. The van der Waals surface area contributed by atoms with Crippen LogP contribution in [0.15, 0.2) is 34.7 Å². The van der Waals surface area contributed by atoms with Crippen LogP contribution in [-0.2, 0) is 6.42 Å². The zero-order valence-corrected chi connectivity index (χ0v) is 10.7. The van der Waals surface area contributed by atoms with E-state index in [4.69, 9.17) is 10.2 Å². The molecule has 17 heavy (non-hydrogen) atoms. The van der Waals surface area contributed by atoms with Crippen LogP contribution in [0, 0.1) is 13.8 Å². The zero-order chi connectivity index (χ0) is 12.4. The molecule has 90 valence electrons. The highest BCUT2D eigenvalue weighted by Gasteiger charge is 2.07. The standard InChI is InChI=1S/C15H19NO/c1-10-4-5-13(8-11(10)2)15-7-6-14(17-15)9-12(3)16/h4-8,12H,9,16H2,1-3H3. The second-order valence-corrected chi connectivity index (χ2v) is 4.75. The first kappa shape index (κ1) is 11.9. The summed E-state index contributed by atoms with van der Waals surface area (Å²) in [6.45, 7) is 6.21. The molecule has 0 saturated carbocycles. The molecule has 0 radical (unpaired) electrons. The summed E-state index contributed by atoms with van der Waals surface area (Å²) in [5.41, 5.74) is 9.47. The highest BCUT2D eigenvalue weighted by molar-refractivity contribution is 5.59. The van der Waals surface area contributed by atoms with Gasteiger partial charge in [0.05, 0.1) is 0 Å². The van der Waals surface area contributed by atoms with E-state index in [1.807, 2.05) is 19.1 Å². The van der Waals surface area contributed by atoms with Crippen LogP contribution in [0.3, 0.4) is 0 Å². The predicted molar refractivity (Wildman–Crippen MR) is 71.0 cm³/mol. The van der Waals surface area contributed by atoms with Gasteiger partial charge in [-0.05, 0) is 50.1 Å². The molecular weight excluding hydrogens is 210 g/mol. The third kappa shape index (κ3) is 2.77. The molecule has 2 aromatic rings. The van der Waals surface area contributed by atoms with Crippen LogP contribution in [0.25, 0.3) is 11.3 Å². The smallest absolute Gasteiger partial charge is 0.134 e. The van der Waals surface area contributed by atoms with Gasteiger partial charge in [-0.15, -0.1) is 0 Å². The molecule has 0 aliphatic rings. The Morgan fingerprint density at radius 2 is 1.88 bits per heavy atom. The molecule has 1 atom stereocenters. The summed E-state index contributed by atoms with van der Waals surface area (Å²) in [5.74, 6) is 1.87. The van der Waals surface area contributed by atoms with E-state index in [1.54, 1.807) is 0 Å². The van der Waals surface area contributed by atoms with Crippen LogP contribution in [0.2, 0.25) is 0 Å². The van der Waals surface area contributed by atoms with Crippen LogP contribution in [0.4, 0.5) is 0 Å². The summed E-state index contributed by atoms with van der Waals surface area (Å²) in [6, 6.07) is 10.5. The average molecular weight is 229 g/mol. The maximum atomic E-state index is 5.80. The van der Waals surface area contributed by atoms with Crippen molar-refractivity contribution >= 4 is 0 Å². The van der Waals surface area contributed by atoms with Crippen LogP contribution in [0.5, 0.6) is 0 Å². The molecule has 2 heteroatoms. The van der Waals surface area contributed by atoms with Gasteiger partial charge in [0, 0.05) is 18.0 Å². The highest BCUT2D eigenvalue weighted by atomic mass is 16.3. The molecule has 1 unspecified atom stereocenters. The van der Waals surface area contributed by atoms with E-state index >= 15 is 0 Å². The fourth-order valence-corrected chi connectivity index (χ4v) is 1.85. The van der Waals surface area contributed by atoms with E-state index in [2.05, 4.69) is 32.0 Å². The van der Waals surface area contributed by atoms with Crippen molar-refractivity contribution in [2.45, 2.75) is 33.2 Å². The maximum Gasteiger partial charge on any atom is 0.134 e. The second kappa shape index (κ2) is 4.76. The molecule has 2 rings (SSSR count). The molecule has 1 aromatic heterocycles. The van der Waals surface area contributed by atoms with Crippen molar-refractivity contribution in [3.63, 3.8) is 0 Å². The first-order valence-electron chi connectivity index (χ1n) is 5.98. The molecule has 0 aliphatic heterocycles. The Bertz CT molecular complexity index is 511. The van der Waals surface area contributed by atoms with Gasteiger partial charge < -0.3 is 10.2 Å². The second-order valence-electron chi connectivity index (χ2n) is 4.75. The molecule has 0 fully saturated rings. The van der Waals surface area contributed by atoms with E-state index < -0.39 is 0 Å². The van der Waals surface area contributed by atoms with Gasteiger partial charge in [-0.1, -0.05) is 12.1 Å². The Labute approximate surface area is 102 Å². The molecule has 1 heterocycles. The van der Waals surface area contributed by atoms with Crippen LogP contribution in [-0.4, -0.2) is 6.04 Å². The minimum atomic E-state index is 0.133. The molecule has 0 amide bonds. The molecule has 0 spiro atoms. The lowest BCUT2D eigenvalue weighted by atomic mass is 10.1. The van der Waals surface area contributed by atoms with Gasteiger partial charge in [-0.3, -0.25) is 0 Å². The summed E-state index contributed by atoms with van der Waals surface area (Å²) in [5, 5.41) is 0. The van der Waals surface area contributed by atoms with Crippen molar-refractivity contribution in [3.05, 3.63) is 47.2 Å². The molecule has 2 N–H and O–H groups in total. The SMILES string of the molecule is Cc1ccc(-c2ccc(CC(C)N)o2)cc1C. The number of furan rings is 1. The van der Waals surface area contributed by atoms with E-state index in [-0.39, 0.29) is 6.04 Å². The minimum absolute atomic E-state index is 0.133. The van der Waals surface area contributed by atoms with Crippen molar-refractivity contribution in [1.29, 1.82) is 0 Å². The number of rotatable bonds is 3. The monoisotopic (exact) mass is 229 g/mol. The topological polar surface area (TPSA) is 39.2 Å². The molecule has 0 bridgehead atoms. The van der Waals surface area contributed by atoms with Gasteiger partial charge in [0.2, 0.25) is 0 Å². The largest absolute Gasteiger partial charge is 0.461 e. The van der Waals surface area contributed by atoms with Gasteiger partial charge in [0.1, 0.15) is 11.5 Å². The first-order chi connectivity index (χ1) is 8.06. The van der Waals surface area contributed by atoms with Crippen molar-refractivity contribution in [3.8, 4) is 11.3 Å². The zero-order valence-electron chi connectivity index (χ0n) is 10.7. The lowest BCUT2D eigenvalue weighted by molar-refractivity contribution is 0.503. The molecule has 0 aliphatic carbocycles. The Morgan fingerprint density at radius 3 is 2.53 bits per heavy atom. The summed E-state index contributed by atoms with van der Waals surface area (Å²) < 4.78 is 5.80. The summed E-state index contributed by atoms with van der Waals surface area (Å²) >= 11 is 0. The molecule has 0 saturated heterocycles. The first-order valence-corrected chi connectivity index (χ1v) is 5.98. The van der Waals surface area contributed by atoms with Gasteiger partial charge in [0.25, 0.3) is 0 Å². The summed E-state index contributed by atoms with van der Waals surface area (Å²) in [6.07, 6.45) is 0.783. The average Bonchev–Trinajstić information content (AvgIpc) is 2.69. The number of hydrogen-bond donors (Lipinski definition) is 1. The number of nitrogens with two attached hydrogens (primary N) is 1. The van der Waals surface area contributed by atoms with Crippen molar-refractivity contribution in [2.24, 2.45) is 5.73 Å². The van der Waals surface area contributed by atoms with Crippen LogP contribution >= 0.6 is 0 Å². The Balaban J connectivity index is 2.27. The van der Waals surface area contributed by atoms with Crippen molar-refractivity contribution < 1.29 is 4.42 Å². The van der Waals surface area contributed by atoms with E-state index in [1.165, 1.54) is 11.1 Å². The van der Waals surface area contributed by atoms with Crippen LogP contribution < -0.4 is 5.73 Å². The summed E-state index contributed by atoms with van der Waals surface area (Å²) in [4.78, 5) is 0. The van der Waals surface area contributed by atoms with Gasteiger partial charge in [-0.25, -0.2) is 0 Å². The Hall–Kier alpha value is -1.54. The fraction of sp³-hybridized carbons (Fsp3) is 0.333. The Morgan fingerprint density at radius 1 is 1.12 bits per heavy atom. The fourth-order valence-electron chi connectivity index (χ4n) is 1.85. The summed E-state index contributed by atoms with van der Waals surface area (Å²) in [7, 11) is 0. The van der Waals surface area contributed by atoms with Gasteiger partial charge in [-0.2, -0.15) is 0 Å². The molecular formula is C15H19NO. The third-order valence-electron chi connectivity index (χ3n) is 2.98.